The van der Waals surface area contributed by atoms with E-state index in [1.54, 1.807) is 5.43 Å². The molecule has 0 aliphatic heterocycles. The summed E-state index contributed by atoms with van der Waals surface area (Å²) in [6.07, 6.45) is -7.58. The van der Waals surface area contributed by atoms with Gasteiger partial charge < -0.3 is 4.74 Å². The molecule has 96 valence electrons. The van der Waals surface area contributed by atoms with Gasteiger partial charge in [-0.3, -0.25) is 5.43 Å². The van der Waals surface area contributed by atoms with Gasteiger partial charge in [-0.2, -0.15) is 18.2 Å². The third kappa shape index (κ3) is 3.98. The third-order valence-electron chi connectivity index (χ3n) is 1.48. The summed E-state index contributed by atoms with van der Waals surface area (Å²) in [6.45, 7) is -1.07. The van der Waals surface area contributed by atoms with Crippen molar-refractivity contribution in [1.29, 1.82) is 0 Å². The van der Waals surface area contributed by atoms with Crippen LogP contribution in [0.5, 0.6) is 5.88 Å². The molecule has 0 fully saturated rings. The molecular weight excluding hydrogens is 251 g/mol. The molecule has 10 heteroatoms. The van der Waals surface area contributed by atoms with Crippen LogP contribution in [-0.4, -0.2) is 23.0 Å². The van der Waals surface area contributed by atoms with Crippen LogP contribution in [0.2, 0.25) is 0 Å². The van der Waals surface area contributed by atoms with Gasteiger partial charge in [0, 0.05) is 6.07 Å². The zero-order chi connectivity index (χ0) is 13.1. The van der Waals surface area contributed by atoms with Crippen LogP contribution in [0.25, 0.3) is 0 Å². The fourth-order valence-corrected chi connectivity index (χ4v) is 0.857. The summed E-state index contributed by atoms with van der Waals surface area (Å²) in [5, 5.41) is 0. The topological polar surface area (TPSA) is 73.1 Å². The summed E-state index contributed by atoms with van der Waals surface area (Å²) < 4.78 is 64.9. The molecule has 3 N–H and O–H groups in total. The normalized spacial score (nSPS) is 11.7. The molecule has 1 aromatic rings. The van der Waals surface area contributed by atoms with Crippen LogP contribution < -0.4 is 16.0 Å². The maximum Gasteiger partial charge on any atom is 0.433 e. The first kappa shape index (κ1) is 13.4. The van der Waals surface area contributed by atoms with Gasteiger partial charge in [0.25, 0.3) is 6.43 Å². The first-order valence-corrected chi connectivity index (χ1v) is 4.16. The monoisotopic (exact) mass is 258 g/mol. The quantitative estimate of drug-likeness (QED) is 0.485. The van der Waals surface area contributed by atoms with Crippen molar-refractivity contribution in [3.63, 3.8) is 0 Å². The number of nitrogens with one attached hydrogen (secondary N) is 1. The highest BCUT2D eigenvalue weighted by Gasteiger charge is 2.34. The number of hydrogen-bond donors (Lipinski definition) is 2. The summed E-state index contributed by atoms with van der Waals surface area (Å²) in [5.74, 6) is 3.62. The number of alkyl halides is 5. The largest absolute Gasteiger partial charge is 0.471 e. The molecule has 0 bridgehead atoms. The van der Waals surface area contributed by atoms with E-state index >= 15 is 0 Å². The van der Waals surface area contributed by atoms with Crippen LogP contribution in [0.4, 0.5) is 27.9 Å². The van der Waals surface area contributed by atoms with Gasteiger partial charge in [0.1, 0.15) is 0 Å². The standard InChI is InChI=1S/C7H7F5N4O/c8-4(9)2-17-5-1-3(7(10,11)12)14-6(15-5)16-13/h1,4H,2,13H2,(H,14,15,16). The number of nitrogens with two attached hydrogens (primary N) is 1. The second-order valence-electron chi connectivity index (χ2n) is 2.76. The van der Waals surface area contributed by atoms with E-state index in [0.29, 0.717) is 6.07 Å². The van der Waals surface area contributed by atoms with E-state index < -0.39 is 36.7 Å². The molecule has 0 spiro atoms. The highest BCUT2D eigenvalue weighted by Crippen LogP contribution is 2.30. The van der Waals surface area contributed by atoms with Crippen LogP contribution >= 0.6 is 0 Å². The lowest BCUT2D eigenvalue weighted by atomic mass is 10.4. The molecule has 1 rings (SSSR count). The van der Waals surface area contributed by atoms with Gasteiger partial charge in [0.2, 0.25) is 11.8 Å². The highest BCUT2D eigenvalue weighted by molar-refractivity contribution is 5.30. The molecule has 17 heavy (non-hydrogen) atoms. The lowest BCUT2D eigenvalue weighted by molar-refractivity contribution is -0.141. The number of halogens is 5. The van der Waals surface area contributed by atoms with Crippen LogP contribution in [0.3, 0.4) is 0 Å². The number of rotatable bonds is 4. The molecule has 0 atom stereocenters. The molecule has 1 aromatic heterocycles. The summed E-state index contributed by atoms with van der Waals surface area (Å²) in [5.41, 5.74) is 0.435. The Labute approximate surface area is 91.8 Å². The van der Waals surface area contributed by atoms with Crippen molar-refractivity contribution in [3.05, 3.63) is 11.8 Å². The minimum Gasteiger partial charge on any atom is -0.471 e. The molecule has 0 aliphatic rings. The molecule has 0 unspecified atom stereocenters. The first-order valence-electron chi connectivity index (χ1n) is 4.16. The van der Waals surface area contributed by atoms with E-state index in [9.17, 15) is 22.0 Å². The van der Waals surface area contributed by atoms with E-state index in [-0.39, 0.29) is 0 Å². The fourth-order valence-electron chi connectivity index (χ4n) is 0.857. The SMILES string of the molecule is NNc1nc(OCC(F)F)cc(C(F)(F)F)n1. The van der Waals surface area contributed by atoms with Crippen molar-refractivity contribution in [2.45, 2.75) is 12.6 Å². The van der Waals surface area contributed by atoms with E-state index in [0.717, 1.165) is 0 Å². The average Bonchev–Trinajstić information content (AvgIpc) is 2.24. The Morgan fingerprint density at radius 2 is 2.00 bits per heavy atom. The van der Waals surface area contributed by atoms with Gasteiger partial charge in [0.05, 0.1) is 0 Å². The lowest BCUT2D eigenvalue weighted by Gasteiger charge is -2.10. The van der Waals surface area contributed by atoms with Gasteiger partial charge in [-0.25, -0.2) is 19.6 Å². The Kier molecular flexibility index (Phi) is 3.99. The number of nitrogen functional groups attached to an aromatic ring is 1. The number of ether oxygens (including phenoxy) is 1. The molecule has 0 radical (unpaired) electrons. The molecule has 0 saturated carbocycles. The van der Waals surface area contributed by atoms with Crippen molar-refractivity contribution in [2.24, 2.45) is 5.84 Å². The summed E-state index contributed by atoms with van der Waals surface area (Å²) in [6, 6.07) is 0.406. The zero-order valence-corrected chi connectivity index (χ0v) is 8.13. The third-order valence-corrected chi connectivity index (χ3v) is 1.48. The van der Waals surface area contributed by atoms with Crippen LogP contribution in [0, 0.1) is 0 Å². The van der Waals surface area contributed by atoms with Crippen molar-refractivity contribution in [1.82, 2.24) is 9.97 Å². The second-order valence-corrected chi connectivity index (χ2v) is 2.76. The van der Waals surface area contributed by atoms with Crippen molar-refractivity contribution < 1.29 is 26.7 Å². The smallest absolute Gasteiger partial charge is 0.433 e. The summed E-state index contributed by atoms with van der Waals surface area (Å²) in [7, 11) is 0. The van der Waals surface area contributed by atoms with E-state index in [4.69, 9.17) is 5.84 Å². The van der Waals surface area contributed by atoms with Crippen molar-refractivity contribution >= 4 is 5.95 Å². The molecule has 0 saturated heterocycles. The molecular formula is C7H7F5N4O. The van der Waals surface area contributed by atoms with Crippen molar-refractivity contribution in [2.75, 3.05) is 12.0 Å². The number of hydrogen-bond acceptors (Lipinski definition) is 5. The van der Waals surface area contributed by atoms with E-state index in [2.05, 4.69) is 14.7 Å². The first-order chi connectivity index (χ1) is 7.82. The van der Waals surface area contributed by atoms with Gasteiger partial charge >= 0.3 is 6.18 Å². The Hall–Kier alpha value is -1.71. The van der Waals surface area contributed by atoms with Crippen LogP contribution in [0.1, 0.15) is 5.69 Å². The Bertz CT molecular complexity index is 383. The number of hydrazine groups is 1. The minimum atomic E-state index is -4.75. The summed E-state index contributed by atoms with van der Waals surface area (Å²) in [4.78, 5) is 6.35. The highest BCUT2D eigenvalue weighted by atomic mass is 19.4. The van der Waals surface area contributed by atoms with E-state index in [1.807, 2.05) is 0 Å². The van der Waals surface area contributed by atoms with Gasteiger partial charge in [-0.15, -0.1) is 0 Å². The Morgan fingerprint density at radius 3 is 2.47 bits per heavy atom. The van der Waals surface area contributed by atoms with Gasteiger partial charge in [0.15, 0.2) is 12.3 Å². The maximum atomic E-state index is 12.3. The summed E-state index contributed by atoms with van der Waals surface area (Å²) >= 11 is 0. The Morgan fingerprint density at radius 1 is 1.35 bits per heavy atom. The Balaban J connectivity index is 2.97. The van der Waals surface area contributed by atoms with Crippen LogP contribution in [-0.2, 0) is 6.18 Å². The molecule has 0 amide bonds. The van der Waals surface area contributed by atoms with Crippen LogP contribution in [0.15, 0.2) is 6.07 Å². The van der Waals surface area contributed by atoms with Gasteiger partial charge in [-0.1, -0.05) is 0 Å². The second kappa shape index (κ2) is 5.08. The lowest BCUT2D eigenvalue weighted by Crippen LogP contribution is -2.17. The fraction of sp³-hybridized carbons (Fsp3) is 0.429. The molecule has 5 nitrogen and oxygen atoms in total. The van der Waals surface area contributed by atoms with E-state index in [1.165, 1.54) is 0 Å². The molecule has 0 aliphatic carbocycles. The average molecular weight is 258 g/mol. The predicted molar refractivity (Wildman–Crippen MR) is 46.3 cm³/mol. The number of nitrogens with zero attached hydrogens (tertiary/aromatic N) is 2. The molecule has 0 aromatic carbocycles. The maximum absolute atomic E-state index is 12.3. The number of anilines is 1. The predicted octanol–water partition coefficient (Wildman–Crippen LogP) is 1.42. The van der Waals surface area contributed by atoms with Crippen molar-refractivity contribution in [3.8, 4) is 5.88 Å². The molecule has 1 heterocycles. The van der Waals surface area contributed by atoms with Gasteiger partial charge in [-0.05, 0) is 0 Å². The minimum absolute atomic E-state index is 0.406. The zero-order valence-electron chi connectivity index (χ0n) is 8.13. The number of aromatic nitrogens is 2.